The van der Waals surface area contributed by atoms with Gasteiger partial charge in [0.15, 0.2) is 5.82 Å². The number of hydrogen-bond acceptors (Lipinski definition) is 3. The molecule has 1 heterocycles. The van der Waals surface area contributed by atoms with Crippen molar-refractivity contribution >= 4 is 33.4 Å². The van der Waals surface area contributed by atoms with E-state index in [1.54, 1.807) is 36.3 Å². The summed E-state index contributed by atoms with van der Waals surface area (Å²) < 4.78 is 2.40. The normalized spacial score (nSPS) is 10.5. The molecule has 0 saturated carbocycles. The molecule has 100 valence electrons. The lowest BCUT2D eigenvalue weighted by molar-refractivity contribution is 0.0954. The summed E-state index contributed by atoms with van der Waals surface area (Å²) in [6.07, 6.45) is 2.22. The van der Waals surface area contributed by atoms with Crippen molar-refractivity contribution in [1.29, 1.82) is 0 Å². The summed E-state index contributed by atoms with van der Waals surface area (Å²) in [6, 6.07) is 5.08. The summed E-state index contributed by atoms with van der Waals surface area (Å²) in [5.74, 6) is 0.536. The van der Waals surface area contributed by atoms with Gasteiger partial charge in [0.05, 0.1) is 0 Å². The molecule has 1 aromatic carbocycles. The summed E-state index contributed by atoms with van der Waals surface area (Å²) in [4.78, 5) is 16.0. The fourth-order valence-electron chi connectivity index (χ4n) is 1.57. The van der Waals surface area contributed by atoms with E-state index in [9.17, 15) is 4.79 Å². The molecule has 7 heteroatoms. The van der Waals surface area contributed by atoms with Crippen molar-refractivity contribution in [2.24, 2.45) is 7.05 Å². The van der Waals surface area contributed by atoms with Crippen LogP contribution in [-0.4, -0.2) is 27.2 Å². The van der Waals surface area contributed by atoms with E-state index in [2.05, 4.69) is 31.3 Å². The third-order valence-corrected chi connectivity index (χ3v) is 3.08. The molecular formula is C12H12BrClN4O. The van der Waals surface area contributed by atoms with Crippen molar-refractivity contribution < 1.29 is 4.79 Å². The Balaban J connectivity index is 1.90. The van der Waals surface area contributed by atoms with E-state index in [4.69, 9.17) is 11.6 Å². The van der Waals surface area contributed by atoms with Crippen molar-refractivity contribution in [3.8, 4) is 0 Å². The zero-order valence-electron chi connectivity index (χ0n) is 10.2. The van der Waals surface area contributed by atoms with Gasteiger partial charge in [-0.15, -0.1) is 0 Å². The predicted octanol–water partition coefficient (Wildman–Crippen LogP) is 2.20. The number of aromatic nitrogens is 3. The molecule has 0 aliphatic carbocycles. The highest BCUT2D eigenvalue weighted by atomic mass is 79.9. The Morgan fingerprint density at radius 2 is 2.26 bits per heavy atom. The van der Waals surface area contributed by atoms with Crippen LogP contribution in [0.1, 0.15) is 16.2 Å². The monoisotopic (exact) mass is 342 g/mol. The predicted molar refractivity (Wildman–Crippen MR) is 76.2 cm³/mol. The van der Waals surface area contributed by atoms with Crippen molar-refractivity contribution in [1.82, 2.24) is 20.1 Å². The van der Waals surface area contributed by atoms with Crippen LogP contribution in [0.4, 0.5) is 0 Å². The molecule has 0 aliphatic heterocycles. The van der Waals surface area contributed by atoms with E-state index in [1.165, 1.54) is 0 Å². The van der Waals surface area contributed by atoms with Crippen LogP contribution in [-0.2, 0) is 13.5 Å². The smallest absolute Gasteiger partial charge is 0.251 e. The number of hydrogen-bond donors (Lipinski definition) is 1. The fourth-order valence-corrected chi connectivity index (χ4v) is 2.43. The summed E-state index contributed by atoms with van der Waals surface area (Å²) in [5.41, 5.74) is 0.522. The molecule has 0 bridgehead atoms. The molecule has 0 saturated heterocycles. The second-order valence-electron chi connectivity index (χ2n) is 4.00. The number of nitrogens with zero attached hydrogens (tertiary/aromatic N) is 3. The molecule has 0 fully saturated rings. The number of benzene rings is 1. The van der Waals surface area contributed by atoms with Gasteiger partial charge in [0.25, 0.3) is 5.91 Å². The lowest BCUT2D eigenvalue weighted by Crippen LogP contribution is -2.26. The topological polar surface area (TPSA) is 59.8 Å². The summed E-state index contributed by atoms with van der Waals surface area (Å²) in [7, 11) is 1.80. The first kappa shape index (κ1) is 14.0. The summed E-state index contributed by atoms with van der Waals surface area (Å²) in [5, 5.41) is 7.46. The largest absolute Gasteiger partial charge is 0.352 e. The third kappa shape index (κ3) is 4.04. The quantitative estimate of drug-likeness (QED) is 0.926. The number of aryl methyl sites for hydroxylation is 1. The third-order valence-electron chi connectivity index (χ3n) is 2.41. The molecule has 19 heavy (non-hydrogen) atoms. The second kappa shape index (κ2) is 6.16. The fraction of sp³-hybridized carbons (Fsp3) is 0.250. The van der Waals surface area contributed by atoms with E-state index in [0.29, 0.717) is 29.4 Å². The maximum atomic E-state index is 11.9. The molecule has 0 unspecified atom stereocenters. The van der Waals surface area contributed by atoms with Crippen LogP contribution < -0.4 is 5.32 Å². The van der Waals surface area contributed by atoms with Crippen LogP contribution in [0.15, 0.2) is 29.0 Å². The Hall–Kier alpha value is -1.40. The van der Waals surface area contributed by atoms with Crippen LogP contribution >= 0.6 is 27.5 Å². The van der Waals surface area contributed by atoms with E-state index in [-0.39, 0.29) is 5.91 Å². The van der Waals surface area contributed by atoms with E-state index < -0.39 is 0 Å². The first-order valence-electron chi connectivity index (χ1n) is 5.63. The van der Waals surface area contributed by atoms with Crippen LogP contribution in [0, 0.1) is 0 Å². The van der Waals surface area contributed by atoms with Gasteiger partial charge in [-0.25, -0.2) is 4.98 Å². The molecule has 2 rings (SSSR count). The minimum Gasteiger partial charge on any atom is -0.352 e. The molecule has 1 aromatic heterocycles. The number of carbonyl (C=O) groups excluding carboxylic acids is 1. The standard InChI is InChI=1S/C12H12BrClN4O/c1-18-7-16-11(17-18)2-3-15-12(19)8-4-9(13)6-10(14)5-8/h4-7H,2-3H2,1H3,(H,15,19). The van der Waals surface area contributed by atoms with Crippen LogP contribution in [0.2, 0.25) is 5.02 Å². The zero-order chi connectivity index (χ0) is 13.8. The van der Waals surface area contributed by atoms with E-state index >= 15 is 0 Å². The van der Waals surface area contributed by atoms with E-state index in [0.717, 1.165) is 4.47 Å². The Kier molecular flexibility index (Phi) is 4.55. The molecule has 2 aromatic rings. The molecule has 0 atom stereocenters. The second-order valence-corrected chi connectivity index (χ2v) is 5.35. The number of halogens is 2. The van der Waals surface area contributed by atoms with Crippen molar-refractivity contribution in [2.75, 3.05) is 6.54 Å². The molecule has 0 radical (unpaired) electrons. The van der Waals surface area contributed by atoms with Gasteiger partial charge in [-0.05, 0) is 18.2 Å². The van der Waals surface area contributed by atoms with Gasteiger partial charge in [0.1, 0.15) is 6.33 Å². The summed E-state index contributed by atoms with van der Waals surface area (Å²) in [6.45, 7) is 0.479. The minimum atomic E-state index is -0.167. The average Bonchev–Trinajstić information content (AvgIpc) is 2.73. The first-order chi connectivity index (χ1) is 9.04. The maximum Gasteiger partial charge on any atom is 0.251 e. The Morgan fingerprint density at radius 1 is 1.47 bits per heavy atom. The number of amides is 1. The van der Waals surface area contributed by atoms with Gasteiger partial charge in [-0.1, -0.05) is 27.5 Å². The maximum absolute atomic E-state index is 11.9. The highest BCUT2D eigenvalue weighted by molar-refractivity contribution is 9.10. The molecule has 5 nitrogen and oxygen atoms in total. The minimum absolute atomic E-state index is 0.167. The lowest BCUT2D eigenvalue weighted by Gasteiger charge is -2.05. The van der Waals surface area contributed by atoms with Gasteiger partial charge < -0.3 is 5.32 Å². The van der Waals surface area contributed by atoms with Crippen molar-refractivity contribution in [3.05, 3.63) is 45.4 Å². The number of carbonyl (C=O) groups is 1. The Morgan fingerprint density at radius 3 is 2.89 bits per heavy atom. The van der Waals surface area contributed by atoms with Gasteiger partial charge in [0.2, 0.25) is 0 Å². The van der Waals surface area contributed by atoms with Crippen molar-refractivity contribution in [2.45, 2.75) is 6.42 Å². The van der Waals surface area contributed by atoms with Gasteiger partial charge in [0, 0.05) is 35.1 Å². The highest BCUT2D eigenvalue weighted by Gasteiger charge is 2.07. The van der Waals surface area contributed by atoms with Gasteiger partial charge in [-0.3, -0.25) is 9.48 Å². The van der Waals surface area contributed by atoms with Gasteiger partial charge in [-0.2, -0.15) is 5.10 Å². The van der Waals surface area contributed by atoms with Crippen LogP contribution in [0.3, 0.4) is 0 Å². The SMILES string of the molecule is Cn1cnc(CCNC(=O)c2cc(Cl)cc(Br)c2)n1. The van der Waals surface area contributed by atoms with Gasteiger partial charge >= 0.3 is 0 Å². The first-order valence-corrected chi connectivity index (χ1v) is 6.80. The summed E-state index contributed by atoms with van der Waals surface area (Å²) >= 11 is 9.20. The average molecular weight is 344 g/mol. The molecule has 0 spiro atoms. The molecule has 1 N–H and O–H groups in total. The molecular weight excluding hydrogens is 332 g/mol. The van der Waals surface area contributed by atoms with Crippen molar-refractivity contribution in [3.63, 3.8) is 0 Å². The molecule has 1 amide bonds. The number of rotatable bonds is 4. The zero-order valence-corrected chi connectivity index (χ0v) is 12.6. The number of nitrogens with one attached hydrogen (secondary N) is 1. The molecule has 0 aliphatic rings. The van der Waals surface area contributed by atoms with Crippen LogP contribution in [0.5, 0.6) is 0 Å². The Bertz CT molecular complexity index is 579. The lowest BCUT2D eigenvalue weighted by atomic mass is 10.2. The van der Waals surface area contributed by atoms with E-state index in [1.807, 2.05) is 0 Å². The van der Waals surface area contributed by atoms with Crippen LogP contribution in [0.25, 0.3) is 0 Å². The highest BCUT2D eigenvalue weighted by Crippen LogP contribution is 2.19. The Labute approximate surface area is 124 Å².